The Bertz CT molecular complexity index is 1200. The molecule has 2 fully saturated rings. The van der Waals surface area contributed by atoms with Crippen LogP contribution in [-0.2, 0) is 15.1 Å². The first kappa shape index (κ1) is 21.8. The van der Waals surface area contributed by atoms with Crippen LogP contribution in [0.3, 0.4) is 0 Å². The highest BCUT2D eigenvalue weighted by Crippen LogP contribution is 2.42. The fourth-order valence-electron chi connectivity index (χ4n) is 5.54. The molecule has 2 aromatic rings. The van der Waals surface area contributed by atoms with Crippen LogP contribution < -0.4 is 19.5 Å². The summed E-state index contributed by atoms with van der Waals surface area (Å²) in [6, 6.07) is 12.3. The van der Waals surface area contributed by atoms with E-state index in [1.807, 2.05) is 30.3 Å². The predicted molar refractivity (Wildman–Crippen MR) is 124 cm³/mol. The Morgan fingerprint density at radius 1 is 0.971 bits per heavy atom. The van der Waals surface area contributed by atoms with Crippen molar-refractivity contribution < 1.29 is 28.6 Å². The summed E-state index contributed by atoms with van der Waals surface area (Å²) < 4.78 is 17.2. The molecule has 6 rings (SSSR count). The number of carbonyl (C=O) groups excluding carboxylic acids is 3. The number of hydrogen-bond donors (Lipinski definition) is 1. The molecule has 9 nitrogen and oxygen atoms in total. The van der Waals surface area contributed by atoms with Crippen LogP contribution in [0.5, 0.6) is 17.2 Å². The van der Waals surface area contributed by atoms with Gasteiger partial charge in [0.15, 0.2) is 17.0 Å². The van der Waals surface area contributed by atoms with Gasteiger partial charge in [0.1, 0.15) is 12.3 Å². The Kier molecular flexibility index (Phi) is 5.27. The van der Waals surface area contributed by atoms with Crippen LogP contribution in [0.15, 0.2) is 42.5 Å². The molecule has 4 amide bonds. The monoisotopic (exact) mass is 477 g/mol. The Morgan fingerprint density at radius 2 is 1.77 bits per heavy atom. The highest BCUT2D eigenvalue weighted by Gasteiger charge is 2.55. The van der Waals surface area contributed by atoms with Gasteiger partial charge in [-0.05, 0) is 36.6 Å². The first-order chi connectivity index (χ1) is 17.1. The van der Waals surface area contributed by atoms with Gasteiger partial charge in [-0.15, -0.1) is 0 Å². The Labute approximate surface area is 202 Å². The summed E-state index contributed by atoms with van der Waals surface area (Å²) in [5.41, 5.74) is 0.406. The zero-order valence-electron chi connectivity index (χ0n) is 19.3. The maximum atomic E-state index is 13.5. The van der Waals surface area contributed by atoms with Crippen molar-refractivity contribution in [3.63, 3.8) is 0 Å². The standard InChI is InChI=1S/C26H27N3O6/c30-23(28-11-3-6-19(28)17-8-9-21-22(15-17)34-13-4-12-33-21)16-29-24(31)26(27-25(29)32)10-14-35-20-7-2-1-5-18(20)26/h1-2,5,7-9,15,19H,3-4,6,10-14,16H2,(H,27,32)/t19-,26-/m0/s1. The second kappa shape index (κ2) is 8.48. The maximum Gasteiger partial charge on any atom is 0.325 e. The largest absolute Gasteiger partial charge is 0.493 e. The van der Waals surface area contributed by atoms with Crippen molar-refractivity contribution in [2.24, 2.45) is 0 Å². The first-order valence-electron chi connectivity index (χ1n) is 12.1. The summed E-state index contributed by atoms with van der Waals surface area (Å²) in [5, 5.41) is 2.86. The number of benzene rings is 2. The molecule has 0 unspecified atom stereocenters. The van der Waals surface area contributed by atoms with Crippen molar-refractivity contribution in [1.29, 1.82) is 0 Å². The van der Waals surface area contributed by atoms with Crippen molar-refractivity contribution in [3.8, 4) is 17.2 Å². The molecule has 9 heteroatoms. The number of urea groups is 1. The zero-order chi connectivity index (χ0) is 24.0. The van der Waals surface area contributed by atoms with E-state index in [0.717, 1.165) is 29.7 Å². The number of carbonyl (C=O) groups is 3. The van der Waals surface area contributed by atoms with Crippen molar-refractivity contribution >= 4 is 17.8 Å². The van der Waals surface area contributed by atoms with Gasteiger partial charge in [0.25, 0.3) is 5.91 Å². The van der Waals surface area contributed by atoms with Gasteiger partial charge in [-0.3, -0.25) is 14.5 Å². The highest BCUT2D eigenvalue weighted by molar-refractivity contribution is 6.09. The van der Waals surface area contributed by atoms with Crippen LogP contribution in [0.1, 0.15) is 42.9 Å². The van der Waals surface area contributed by atoms with Crippen LogP contribution in [-0.4, -0.2) is 60.6 Å². The molecule has 4 aliphatic heterocycles. The van der Waals surface area contributed by atoms with Gasteiger partial charge in [0.05, 0.1) is 25.9 Å². The minimum absolute atomic E-state index is 0.141. The molecule has 0 saturated carbocycles. The molecule has 1 spiro atoms. The molecule has 0 aromatic heterocycles. The van der Waals surface area contributed by atoms with Gasteiger partial charge >= 0.3 is 6.03 Å². The molecule has 0 bridgehead atoms. The Balaban J connectivity index is 1.22. The fourth-order valence-corrected chi connectivity index (χ4v) is 5.54. The average Bonchev–Trinajstić information content (AvgIpc) is 3.35. The van der Waals surface area contributed by atoms with E-state index in [4.69, 9.17) is 14.2 Å². The molecule has 0 radical (unpaired) electrons. The fraction of sp³-hybridized carbons (Fsp3) is 0.423. The van der Waals surface area contributed by atoms with E-state index in [-0.39, 0.29) is 18.5 Å². The lowest BCUT2D eigenvalue weighted by Gasteiger charge is -2.33. The van der Waals surface area contributed by atoms with Crippen molar-refractivity contribution in [2.45, 2.75) is 37.3 Å². The second-order valence-corrected chi connectivity index (χ2v) is 9.32. The van der Waals surface area contributed by atoms with Gasteiger partial charge < -0.3 is 24.4 Å². The lowest BCUT2D eigenvalue weighted by Crippen LogP contribution is -2.48. The number of likely N-dealkylation sites (tertiary alicyclic amines) is 1. The molecule has 182 valence electrons. The molecule has 2 aromatic carbocycles. The summed E-state index contributed by atoms with van der Waals surface area (Å²) in [4.78, 5) is 42.7. The van der Waals surface area contributed by atoms with Gasteiger partial charge in [-0.2, -0.15) is 0 Å². The SMILES string of the molecule is O=C1N[C@]2(CCOc3ccccc32)C(=O)N1CC(=O)N1CCC[C@H]1c1ccc2c(c1)OCCCO2. The summed E-state index contributed by atoms with van der Waals surface area (Å²) in [6.07, 6.45) is 2.80. The number of para-hydroxylation sites is 1. The van der Waals surface area contributed by atoms with Crippen molar-refractivity contribution in [2.75, 3.05) is 32.9 Å². The van der Waals surface area contributed by atoms with E-state index in [0.29, 0.717) is 55.6 Å². The minimum atomic E-state index is -1.19. The topological polar surface area (TPSA) is 97.4 Å². The molecule has 35 heavy (non-hydrogen) atoms. The lowest BCUT2D eigenvalue weighted by molar-refractivity contribution is -0.140. The third-order valence-corrected chi connectivity index (χ3v) is 7.28. The van der Waals surface area contributed by atoms with Crippen LogP contribution in [0.2, 0.25) is 0 Å². The third-order valence-electron chi connectivity index (χ3n) is 7.28. The molecule has 4 aliphatic rings. The van der Waals surface area contributed by atoms with E-state index in [1.165, 1.54) is 0 Å². The van der Waals surface area contributed by atoms with Gasteiger partial charge in [0, 0.05) is 24.9 Å². The second-order valence-electron chi connectivity index (χ2n) is 9.32. The van der Waals surface area contributed by atoms with Crippen molar-refractivity contribution in [1.82, 2.24) is 15.1 Å². The Morgan fingerprint density at radius 3 is 2.66 bits per heavy atom. The summed E-state index contributed by atoms with van der Waals surface area (Å²) in [6.45, 7) is 1.79. The van der Waals surface area contributed by atoms with Crippen LogP contribution >= 0.6 is 0 Å². The first-order valence-corrected chi connectivity index (χ1v) is 12.1. The van der Waals surface area contributed by atoms with Crippen LogP contribution in [0.4, 0.5) is 4.79 Å². The lowest BCUT2D eigenvalue weighted by atomic mass is 9.84. The zero-order valence-corrected chi connectivity index (χ0v) is 19.3. The molecule has 1 N–H and O–H groups in total. The highest BCUT2D eigenvalue weighted by atomic mass is 16.5. The summed E-state index contributed by atoms with van der Waals surface area (Å²) in [5.74, 6) is 1.32. The molecule has 2 atom stereocenters. The molecule has 4 heterocycles. The van der Waals surface area contributed by atoms with Gasteiger partial charge in [-0.1, -0.05) is 24.3 Å². The normalized spacial score (nSPS) is 25.2. The summed E-state index contributed by atoms with van der Waals surface area (Å²) >= 11 is 0. The average molecular weight is 478 g/mol. The quantitative estimate of drug-likeness (QED) is 0.683. The number of nitrogens with one attached hydrogen (secondary N) is 1. The van der Waals surface area contributed by atoms with Gasteiger partial charge in [-0.25, -0.2) is 4.79 Å². The van der Waals surface area contributed by atoms with Crippen LogP contribution in [0, 0.1) is 0 Å². The number of nitrogens with zero attached hydrogens (tertiary/aromatic N) is 2. The van der Waals surface area contributed by atoms with Crippen molar-refractivity contribution in [3.05, 3.63) is 53.6 Å². The number of amides is 4. The maximum absolute atomic E-state index is 13.5. The van der Waals surface area contributed by atoms with E-state index < -0.39 is 17.5 Å². The van der Waals surface area contributed by atoms with Crippen LogP contribution in [0.25, 0.3) is 0 Å². The Hall–Kier alpha value is -3.75. The number of ether oxygens (including phenoxy) is 3. The van der Waals surface area contributed by atoms with E-state index >= 15 is 0 Å². The van der Waals surface area contributed by atoms with E-state index in [2.05, 4.69) is 5.32 Å². The molecule has 0 aliphatic carbocycles. The molecular formula is C26H27N3O6. The third kappa shape index (κ3) is 3.57. The minimum Gasteiger partial charge on any atom is -0.493 e. The molecule has 2 saturated heterocycles. The summed E-state index contributed by atoms with van der Waals surface area (Å²) in [7, 11) is 0. The number of hydrogen-bond acceptors (Lipinski definition) is 6. The van der Waals surface area contributed by atoms with E-state index in [9.17, 15) is 14.4 Å². The smallest absolute Gasteiger partial charge is 0.325 e. The number of rotatable bonds is 3. The van der Waals surface area contributed by atoms with Gasteiger partial charge in [0.2, 0.25) is 5.91 Å². The van der Waals surface area contributed by atoms with E-state index in [1.54, 1.807) is 17.0 Å². The number of fused-ring (bicyclic) bond motifs is 3. The number of imide groups is 1. The molecular weight excluding hydrogens is 450 g/mol. The predicted octanol–water partition coefficient (Wildman–Crippen LogP) is 2.74.